The monoisotopic (exact) mass is 251 g/mol. The van der Waals surface area contributed by atoms with Gasteiger partial charge in [-0.15, -0.1) is 0 Å². The molecule has 1 N–H and O–H groups in total. The fraction of sp³-hybridized carbons (Fsp3) is 0.462. The van der Waals surface area contributed by atoms with Crippen molar-refractivity contribution in [2.45, 2.75) is 6.92 Å². The molecule has 0 aliphatic carbocycles. The number of piperazine rings is 1. The second-order valence-electron chi connectivity index (χ2n) is 4.68. The van der Waals surface area contributed by atoms with Gasteiger partial charge in [0.05, 0.1) is 0 Å². The van der Waals surface area contributed by atoms with Gasteiger partial charge in [0.1, 0.15) is 5.82 Å². The predicted molar refractivity (Wildman–Crippen MR) is 69.2 cm³/mol. The molecule has 2 rings (SSSR count). The van der Waals surface area contributed by atoms with Crippen molar-refractivity contribution in [3.8, 4) is 0 Å². The number of nitrogens with one attached hydrogen (secondary N) is 1. The average Bonchev–Trinajstić information content (AvgIpc) is 2.33. The molecule has 0 saturated carbocycles. The first kappa shape index (κ1) is 12.8. The van der Waals surface area contributed by atoms with Crippen molar-refractivity contribution in [2.75, 3.05) is 38.5 Å². The number of benzene rings is 1. The van der Waals surface area contributed by atoms with Gasteiger partial charge in [-0.2, -0.15) is 0 Å². The lowest BCUT2D eigenvalue weighted by Crippen LogP contribution is -2.48. The molecule has 0 aromatic heterocycles. The maximum atomic E-state index is 13.0. The van der Waals surface area contributed by atoms with Gasteiger partial charge in [0.25, 0.3) is 0 Å². The summed E-state index contributed by atoms with van der Waals surface area (Å²) in [6.45, 7) is 5.00. The Labute approximate surface area is 106 Å². The lowest BCUT2D eigenvalue weighted by molar-refractivity contribution is 0.164. The minimum Gasteiger partial charge on any atom is -0.322 e. The SMILES string of the molecule is Cc1cc(F)ccc1NC(=O)N1CCN(C)CC1. The van der Waals surface area contributed by atoms with Gasteiger partial charge in [-0.05, 0) is 37.7 Å². The van der Waals surface area contributed by atoms with Crippen LogP contribution in [0.25, 0.3) is 0 Å². The van der Waals surface area contributed by atoms with Crippen molar-refractivity contribution >= 4 is 11.7 Å². The van der Waals surface area contributed by atoms with E-state index in [1.54, 1.807) is 17.9 Å². The Morgan fingerprint density at radius 3 is 2.56 bits per heavy atom. The molecule has 2 amide bonds. The highest BCUT2D eigenvalue weighted by molar-refractivity contribution is 5.90. The predicted octanol–water partition coefficient (Wildman–Crippen LogP) is 1.91. The van der Waals surface area contributed by atoms with Crippen molar-refractivity contribution in [3.05, 3.63) is 29.6 Å². The molecule has 0 spiro atoms. The number of nitrogens with zero attached hydrogens (tertiary/aromatic N) is 2. The smallest absolute Gasteiger partial charge is 0.321 e. The number of urea groups is 1. The molecule has 1 aliphatic heterocycles. The van der Waals surface area contributed by atoms with E-state index in [1.807, 2.05) is 7.05 Å². The van der Waals surface area contributed by atoms with Gasteiger partial charge in [0, 0.05) is 31.9 Å². The first-order valence-corrected chi connectivity index (χ1v) is 6.07. The van der Waals surface area contributed by atoms with E-state index in [2.05, 4.69) is 10.2 Å². The summed E-state index contributed by atoms with van der Waals surface area (Å²) in [5.74, 6) is -0.287. The minimum absolute atomic E-state index is 0.113. The van der Waals surface area contributed by atoms with Gasteiger partial charge >= 0.3 is 6.03 Å². The Balaban J connectivity index is 1.98. The molecular weight excluding hydrogens is 233 g/mol. The van der Waals surface area contributed by atoms with Crippen LogP contribution in [0.15, 0.2) is 18.2 Å². The summed E-state index contributed by atoms with van der Waals surface area (Å²) in [4.78, 5) is 16.0. The summed E-state index contributed by atoms with van der Waals surface area (Å²) in [5, 5.41) is 2.82. The number of aryl methyl sites for hydroxylation is 1. The fourth-order valence-corrected chi connectivity index (χ4v) is 1.97. The molecule has 0 atom stereocenters. The number of rotatable bonds is 1. The lowest BCUT2D eigenvalue weighted by atomic mass is 10.2. The van der Waals surface area contributed by atoms with E-state index < -0.39 is 0 Å². The van der Waals surface area contributed by atoms with E-state index in [-0.39, 0.29) is 11.8 Å². The molecule has 0 bridgehead atoms. The first-order valence-electron chi connectivity index (χ1n) is 6.07. The minimum atomic E-state index is -0.287. The lowest BCUT2D eigenvalue weighted by Gasteiger charge is -2.32. The summed E-state index contributed by atoms with van der Waals surface area (Å²) in [5.41, 5.74) is 1.40. The number of hydrogen-bond donors (Lipinski definition) is 1. The Kier molecular flexibility index (Phi) is 3.81. The molecule has 1 aromatic rings. The molecule has 0 unspecified atom stereocenters. The van der Waals surface area contributed by atoms with E-state index in [0.717, 1.165) is 31.7 Å². The zero-order valence-corrected chi connectivity index (χ0v) is 10.7. The molecule has 98 valence electrons. The third kappa shape index (κ3) is 2.98. The Hall–Kier alpha value is -1.62. The largest absolute Gasteiger partial charge is 0.322 e. The molecule has 5 heteroatoms. The molecule has 1 fully saturated rings. The van der Waals surface area contributed by atoms with Crippen LogP contribution < -0.4 is 5.32 Å². The maximum Gasteiger partial charge on any atom is 0.321 e. The van der Waals surface area contributed by atoms with Gasteiger partial charge in [0.2, 0.25) is 0 Å². The molecule has 1 heterocycles. The second kappa shape index (κ2) is 5.35. The average molecular weight is 251 g/mol. The number of amides is 2. The van der Waals surface area contributed by atoms with E-state index in [0.29, 0.717) is 5.69 Å². The third-order valence-corrected chi connectivity index (χ3v) is 3.22. The second-order valence-corrected chi connectivity index (χ2v) is 4.68. The van der Waals surface area contributed by atoms with Crippen molar-refractivity contribution in [2.24, 2.45) is 0 Å². The van der Waals surface area contributed by atoms with Crippen LogP contribution in [-0.4, -0.2) is 49.1 Å². The topological polar surface area (TPSA) is 35.6 Å². The van der Waals surface area contributed by atoms with Gasteiger partial charge in [-0.3, -0.25) is 0 Å². The van der Waals surface area contributed by atoms with Crippen LogP contribution in [0.3, 0.4) is 0 Å². The molecular formula is C13H18FN3O. The number of likely N-dealkylation sites (N-methyl/N-ethyl adjacent to an activating group) is 1. The Morgan fingerprint density at radius 2 is 1.94 bits per heavy atom. The fourth-order valence-electron chi connectivity index (χ4n) is 1.97. The summed E-state index contributed by atoms with van der Waals surface area (Å²) < 4.78 is 13.0. The van der Waals surface area contributed by atoms with Crippen LogP contribution in [0.4, 0.5) is 14.9 Å². The number of carbonyl (C=O) groups excluding carboxylic acids is 1. The van der Waals surface area contributed by atoms with Crippen molar-refractivity contribution < 1.29 is 9.18 Å². The van der Waals surface area contributed by atoms with Gasteiger partial charge < -0.3 is 15.1 Å². The third-order valence-electron chi connectivity index (χ3n) is 3.22. The van der Waals surface area contributed by atoms with Crippen LogP contribution in [0.2, 0.25) is 0 Å². The molecule has 18 heavy (non-hydrogen) atoms. The quantitative estimate of drug-likeness (QED) is 0.827. The van der Waals surface area contributed by atoms with Crippen LogP contribution in [0.1, 0.15) is 5.56 Å². The zero-order valence-electron chi connectivity index (χ0n) is 10.7. The Bertz CT molecular complexity index is 442. The molecule has 0 radical (unpaired) electrons. The Morgan fingerprint density at radius 1 is 1.28 bits per heavy atom. The van der Waals surface area contributed by atoms with E-state index >= 15 is 0 Å². The first-order chi connectivity index (χ1) is 8.56. The highest BCUT2D eigenvalue weighted by Gasteiger charge is 2.19. The normalized spacial score (nSPS) is 16.7. The van der Waals surface area contributed by atoms with Crippen LogP contribution in [0, 0.1) is 12.7 Å². The summed E-state index contributed by atoms with van der Waals surface area (Å²) in [6, 6.07) is 4.25. The molecule has 1 aliphatic rings. The summed E-state index contributed by atoms with van der Waals surface area (Å²) >= 11 is 0. The van der Waals surface area contributed by atoms with Crippen molar-refractivity contribution in [1.82, 2.24) is 9.80 Å². The van der Waals surface area contributed by atoms with Crippen LogP contribution in [0.5, 0.6) is 0 Å². The van der Waals surface area contributed by atoms with Crippen molar-refractivity contribution in [1.29, 1.82) is 0 Å². The summed E-state index contributed by atoms with van der Waals surface area (Å²) in [6.07, 6.45) is 0. The van der Waals surface area contributed by atoms with Gasteiger partial charge in [-0.1, -0.05) is 0 Å². The van der Waals surface area contributed by atoms with Gasteiger partial charge in [0.15, 0.2) is 0 Å². The zero-order chi connectivity index (χ0) is 13.1. The molecule has 1 saturated heterocycles. The number of hydrogen-bond acceptors (Lipinski definition) is 2. The highest BCUT2D eigenvalue weighted by Crippen LogP contribution is 2.16. The molecule has 4 nitrogen and oxygen atoms in total. The highest BCUT2D eigenvalue weighted by atomic mass is 19.1. The number of carbonyl (C=O) groups is 1. The van der Waals surface area contributed by atoms with E-state index in [1.165, 1.54) is 12.1 Å². The maximum absolute atomic E-state index is 13.0. The number of halogens is 1. The number of anilines is 1. The van der Waals surface area contributed by atoms with Crippen LogP contribution in [-0.2, 0) is 0 Å². The van der Waals surface area contributed by atoms with Crippen LogP contribution >= 0.6 is 0 Å². The van der Waals surface area contributed by atoms with Gasteiger partial charge in [-0.25, -0.2) is 9.18 Å². The van der Waals surface area contributed by atoms with E-state index in [9.17, 15) is 9.18 Å². The van der Waals surface area contributed by atoms with E-state index in [4.69, 9.17) is 0 Å². The summed E-state index contributed by atoms with van der Waals surface area (Å²) in [7, 11) is 2.04. The molecule has 1 aromatic carbocycles. The standard InChI is InChI=1S/C13H18FN3O/c1-10-9-11(14)3-4-12(10)15-13(18)17-7-5-16(2)6-8-17/h3-4,9H,5-8H2,1-2H3,(H,15,18). The van der Waals surface area contributed by atoms with Crippen molar-refractivity contribution in [3.63, 3.8) is 0 Å².